The molecule has 1 heterocycles. The largest absolute Gasteiger partial charge is 0.231 e. The van der Waals surface area contributed by atoms with E-state index in [4.69, 9.17) is 0 Å². The van der Waals surface area contributed by atoms with E-state index in [1.54, 1.807) is 0 Å². The average Bonchev–Trinajstić information content (AvgIpc) is 1.86. The molecule has 0 aromatic carbocycles. The van der Waals surface area contributed by atoms with Crippen molar-refractivity contribution in [1.82, 2.24) is 14.0 Å². The van der Waals surface area contributed by atoms with Crippen molar-refractivity contribution >= 4 is 27.7 Å². The Morgan fingerprint density at radius 1 is 1.67 bits per heavy atom. The van der Waals surface area contributed by atoms with Gasteiger partial charge in [-0.3, -0.25) is 0 Å². The average molecular weight is 166 g/mol. The fourth-order valence-electron chi connectivity index (χ4n) is 0.122. The van der Waals surface area contributed by atoms with E-state index in [9.17, 15) is 0 Å². The maximum absolute atomic E-state index is 3.65. The normalized spacial score (nSPS) is 8.83. The van der Waals surface area contributed by atoms with Gasteiger partial charge in [0.25, 0.3) is 0 Å². The highest BCUT2D eigenvalue weighted by Gasteiger charge is 1.83. The molecule has 0 radical (unpaired) electrons. The lowest BCUT2D eigenvalue weighted by Crippen LogP contribution is -1.61. The van der Waals surface area contributed by atoms with Crippen molar-refractivity contribution in [2.45, 2.75) is 0 Å². The van der Waals surface area contributed by atoms with Gasteiger partial charge in [0.1, 0.15) is 0 Å². The zero-order chi connectivity index (χ0) is 4.41. The molecule has 3 nitrogen and oxygen atoms in total. The van der Waals surface area contributed by atoms with E-state index in [1.807, 2.05) is 0 Å². The summed E-state index contributed by atoms with van der Waals surface area (Å²) in [6.45, 7) is 0. The van der Waals surface area contributed by atoms with Gasteiger partial charge in [-0.05, 0) is 15.9 Å². The van der Waals surface area contributed by atoms with Gasteiger partial charge in [-0.1, -0.05) is 4.49 Å². The standard InChI is InChI=1S/CBrN3S/c2-1-3-5-6-4-1. The van der Waals surface area contributed by atoms with Gasteiger partial charge < -0.3 is 0 Å². The minimum Gasteiger partial charge on any atom is -0.144 e. The van der Waals surface area contributed by atoms with Gasteiger partial charge in [0.15, 0.2) is 0 Å². The first-order chi connectivity index (χ1) is 2.89. The highest BCUT2D eigenvalue weighted by molar-refractivity contribution is 9.10. The molecule has 0 atom stereocenters. The summed E-state index contributed by atoms with van der Waals surface area (Å²) >= 11 is 4.09. The molecule has 0 spiro atoms. The van der Waals surface area contributed by atoms with E-state index < -0.39 is 0 Å². The van der Waals surface area contributed by atoms with E-state index in [0.29, 0.717) is 4.73 Å². The van der Waals surface area contributed by atoms with Crippen LogP contribution in [0.2, 0.25) is 0 Å². The van der Waals surface area contributed by atoms with Gasteiger partial charge in [0.05, 0.1) is 11.7 Å². The Hall–Kier alpha value is -0.0300. The lowest BCUT2D eigenvalue weighted by molar-refractivity contribution is 1.10. The Bertz CT molecular complexity index is 114. The van der Waals surface area contributed by atoms with Crippen LogP contribution in [0.1, 0.15) is 0 Å². The third-order valence-corrected chi connectivity index (χ3v) is 1.26. The molecule has 0 fully saturated rings. The molecule has 0 bridgehead atoms. The molecule has 32 valence electrons. The van der Waals surface area contributed by atoms with E-state index in [0.717, 1.165) is 11.7 Å². The molecule has 0 saturated carbocycles. The molecule has 5 heteroatoms. The number of rotatable bonds is 0. The maximum atomic E-state index is 3.65. The number of hydrogen-bond acceptors (Lipinski definition) is 4. The summed E-state index contributed by atoms with van der Waals surface area (Å²) in [7, 11) is 0. The molecule has 0 saturated heterocycles. The molecule has 0 aliphatic heterocycles. The number of aromatic nitrogens is 3. The molecule has 1 aromatic rings. The Balaban J connectivity index is 3.05. The summed E-state index contributed by atoms with van der Waals surface area (Å²) in [6, 6.07) is 0. The second-order valence-electron chi connectivity index (χ2n) is 0.624. The van der Waals surface area contributed by atoms with Crippen LogP contribution >= 0.6 is 27.7 Å². The molecule has 0 N–H and O–H groups in total. The second kappa shape index (κ2) is 1.61. The molecule has 1 rings (SSSR count). The molecular weight excluding hydrogens is 166 g/mol. The van der Waals surface area contributed by atoms with Crippen LogP contribution in [0.4, 0.5) is 0 Å². The first kappa shape index (κ1) is 4.14. The molecule has 0 amide bonds. The van der Waals surface area contributed by atoms with Gasteiger partial charge in [-0.2, -0.15) is 0 Å². The molecule has 0 aliphatic carbocycles. The van der Waals surface area contributed by atoms with Gasteiger partial charge in [-0.15, -0.1) is 9.47 Å². The highest BCUT2D eigenvalue weighted by Crippen LogP contribution is 1.96. The van der Waals surface area contributed by atoms with E-state index in [2.05, 4.69) is 29.9 Å². The number of hydrogen-bond donors (Lipinski definition) is 0. The van der Waals surface area contributed by atoms with Crippen LogP contribution in [0.15, 0.2) is 4.73 Å². The van der Waals surface area contributed by atoms with E-state index in [-0.39, 0.29) is 0 Å². The monoisotopic (exact) mass is 165 g/mol. The van der Waals surface area contributed by atoms with Gasteiger partial charge >= 0.3 is 0 Å². The lowest BCUT2D eigenvalue weighted by atomic mass is 11.4. The van der Waals surface area contributed by atoms with Crippen LogP contribution in [0.5, 0.6) is 0 Å². The quantitative estimate of drug-likeness (QED) is 0.569. The Labute approximate surface area is 46.8 Å². The Morgan fingerprint density at radius 2 is 2.50 bits per heavy atom. The van der Waals surface area contributed by atoms with Crippen LogP contribution in [0, 0.1) is 0 Å². The summed E-state index contributed by atoms with van der Waals surface area (Å²) in [6.07, 6.45) is 0. The zero-order valence-corrected chi connectivity index (χ0v) is 5.03. The SMILES string of the molecule is Brc1nnsn1. The van der Waals surface area contributed by atoms with Crippen molar-refractivity contribution in [2.24, 2.45) is 0 Å². The summed E-state index contributed by atoms with van der Waals surface area (Å²) in [4.78, 5) is 0. The minimum atomic E-state index is 0.563. The van der Waals surface area contributed by atoms with Gasteiger partial charge in [0.2, 0.25) is 4.73 Å². The molecule has 1 aromatic heterocycles. The predicted molar refractivity (Wildman–Crippen MR) is 25.4 cm³/mol. The van der Waals surface area contributed by atoms with Crippen molar-refractivity contribution < 1.29 is 0 Å². The van der Waals surface area contributed by atoms with Gasteiger partial charge in [-0.25, -0.2) is 0 Å². The summed E-state index contributed by atoms with van der Waals surface area (Å²) in [5.41, 5.74) is 0. The fraction of sp³-hybridized carbons (Fsp3) is 0. The van der Waals surface area contributed by atoms with E-state index >= 15 is 0 Å². The van der Waals surface area contributed by atoms with Crippen molar-refractivity contribution in [2.75, 3.05) is 0 Å². The molecule has 0 unspecified atom stereocenters. The highest BCUT2D eigenvalue weighted by atomic mass is 79.9. The Morgan fingerprint density at radius 3 is 2.67 bits per heavy atom. The minimum absolute atomic E-state index is 0.563. The summed E-state index contributed by atoms with van der Waals surface area (Å²) in [5.74, 6) is 0. The first-order valence-electron chi connectivity index (χ1n) is 1.20. The molecule has 0 aliphatic rings. The van der Waals surface area contributed by atoms with Crippen molar-refractivity contribution in [3.63, 3.8) is 0 Å². The van der Waals surface area contributed by atoms with Crippen molar-refractivity contribution in [3.8, 4) is 0 Å². The molecule has 6 heavy (non-hydrogen) atoms. The van der Waals surface area contributed by atoms with Crippen LogP contribution in [0.25, 0.3) is 0 Å². The van der Waals surface area contributed by atoms with Crippen molar-refractivity contribution in [3.05, 3.63) is 4.73 Å². The second-order valence-corrected chi connectivity index (χ2v) is 1.84. The van der Waals surface area contributed by atoms with Crippen LogP contribution in [-0.4, -0.2) is 14.0 Å². The maximum Gasteiger partial charge on any atom is 0.231 e. The molecular formula is CBrN3S. The summed E-state index contributed by atoms with van der Waals surface area (Å²) in [5, 5.41) is 3.49. The number of nitrogens with zero attached hydrogens (tertiary/aromatic N) is 3. The van der Waals surface area contributed by atoms with Crippen LogP contribution < -0.4 is 0 Å². The van der Waals surface area contributed by atoms with Gasteiger partial charge in [0, 0.05) is 0 Å². The third kappa shape index (κ3) is 0.721. The fourth-order valence-corrected chi connectivity index (χ4v) is 0.755. The number of halogens is 1. The van der Waals surface area contributed by atoms with Crippen LogP contribution in [-0.2, 0) is 0 Å². The summed E-state index contributed by atoms with van der Waals surface area (Å²) < 4.78 is 7.67. The van der Waals surface area contributed by atoms with Crippen molar-refractivity contribution in [1.29, 1.82) is 0 Å². The van der Waals surface area contributed by atoms with E-state index in [1.165, 1.54) is 0 Å². The third-order valence-electron chi connectivity index (χ3n) is 0.276. The smallest absolute Gasteiger partial charge is 0.144 e. The first-order valence-corrected chi connectivity index (χ1v) is 2.72. The van der Waals surface area contributed by atoms with Crippen LogP contribution in [0.3, 0.4) is 0 Å². The predicted octanol–water partition coefficient (Wildman–Crippen LogP) is 0.696. The lowest BCUT2D eigenvalue weighted by Gasteiger charge is -1.56. The Kier molecular flexibility index (Phi) is 1.11. The zero-order valence-electron chi connectivity index (χ0n) is 2.63. The topological polar surface area (TPSA) is 38.7 Å².